The van der Waals surface area contributed by atoms with Gasteiger partial charge < -0.3 is 10.7 Å². The van der Waals surface area contributed by atoms with Gasteiger partial charge in [-0.1, -0.05) is 54.6 Å². The van der Waals surface area contributed by atoms with Crippen LogP contribution in [0.1, 0.15) is 24.8 Å². The van der Waals surface area contributed by atoms with E-state index in [1.165, 1.54) is 6.07 Å². The zero-order valence-electron chi connectivity index (χ0n) is 14.6. The van der Waals surface area contributed by atoms with Crippen molar-refractivity contribution in [2.45, 2.75) is 24.8 Å². The van der Waals surface area contributed by atoms with Crippen LogP contribution in [0.3, 0.4) is 0 Å². The lowest BCUT2D eigenvalue weighted by atomic mass is 9.72. The van der Waals surface area contributed by atoms with E-state index in [0.29, 0.717) is 11.3 Å². The van der Waals surface area contributed by atoms with E-state index in [4.69, 9.17) is 5.73 Å². The van der Waals surface area contributed by atoms with Crippen molar-refractivity contribution in [1.82, 2.24) is 4.98 Å². The molecule has 1 fully saturated rings. The zero-order chi connectivity index (χ0) is 19.0. The second kappa shape index (κ2) is 6.48. The number of H-pyrrole nitrogens is 1. The first kappa shape index (κ1) is 17.2. The van der Waals surface area contributed by atoms with Crippen LogP contribution in [0.4, 0.5) is 5.69 Å². The molecule has 0 amide bonds. The molecule has 3 aromatic rings. The Hall–Kier alpha value is -3.25. The maximum Gasteiger partial charge on any atom is 0.334 e. The van der Waals surface area contributed by atoms with E-state index >= 15 is 0 Å². The molecule has 0 aliphatic heterocycles. The van der Waals surface area contributed by atoms with Crippen LogP contribution in [-0.4, -0.2) is 9.91 Å². The highest BCUT2D eigenvalue weighted by molar-refractivity contribution is 5.82. The topological polar surface area (TPSA) is 102 Å². The summed E-state index contributed by atoms with van der Waals surface area (Å²) in [5.41, 5.74) is 8.76. The number of rotatable bonds is 4. The highest BCUT2D eigenvalue weighted by Gasteiger charge is 2.34. The van der Waals surface area contributed by atoms with E-state index in [-0.39, 0.29) is 5.54 Å². The van der Waals surface area contributed by atoms with Gasteiger partial charge in [0.15, 0.2) is 0 Å². The standard InChI is InChI=1S/C21H19N3O3/c22-21(11-4-12-21)16-9-7-15(8-10-16)19-17(14-5-2-1-3-6-14)13-18(24(26)27)20(25)23-19/h1-3,5-10,13H,4,11-12,22H2,(H,23,25). The van der Waals surface area contributed by atoms with Crippen molar-refractivity contribution in [3.8, 4) is 22.4 Å². The predicted octanol–water partition coefficient (Wildman–Crippen LogP) is 3.96. The van der Waals surface area contributed by atoms with Gasteiger partial charge in [0.2, 0.25) is 0 Å². The molecule has 6 nitrogen and oxygen atoms in total. The molecule has 1 aliphatic carbocycles. The molecule has 1 heterocycles. The Balaban J connectivity index is 1.85. The van der Waals surface area contributed by atoms with Crippen LogP contribution in [0, 0.1) is 10.1 Å². The maximum atomic E-state index is 12.2. The Morgan fingerprint density at radius 2 is 1.67 bits per heavy atom. The van der Waals surface area contributed by atoms with Gasteiger partial charge in [-0.05, 0) is 36.0 Å². The average molecular weight is 361 g/mol. The van der Waals surface area contributed by atoms with Gasteiger partial charge in [0.1, 0.15) is 0 Å². The van der Waals surface area contributed by atoms with E-state index < -0.39 is 16.2 Å². The molecule has 0 atom stereocenters. The molecular weight excluding hydrogens is 342 g/mol. The van der Waals surface area contributed by atoms with Gasteiger partial charge in [-0.15, -0.1) is 0 Å². The first-order valence-corrected chi connectivity index (χ1v) is 8.85. The number of nitrogens with two attached hydrogens (primary N) is 1. The highest BCUT2D eigenvalue weighted by Crippen LogP contribution is 2.39. The molecule has 3 N–H and O–H groups in total. The Labute approximate surface area is 155 Å². The normalized spacial score (nSPS) is 15.1. The van der Waals surface area contributed by atoms with Gasteiger partial charge in [0.05, 0.1) is 10.6 Å². The fourth-order valence-electron chi connectivity index (χ4n) is 3.54. The molecule has 1 saturated carbocycles. The molecule has 0 saturated heterocycles. The van der Waals surface area contributed by atoms with Gasteiger partial charge >= 0.3 is 11.2 Å². The lowest BCUT2D eigenvalue weighted by Crippen LogP contribution is -2.43. The van der Waals surface area contributed by atoms with Crippen LogP contribution in [0.25, 0.3) is 22.4 Å². The minimum absolute atomic E-state index is 0.260. The summed E-state index contributed by atoms with van der Waals surface area (Å²) in [5.74, 6) is 0. The monoisotopic (exact) mass is 361 g/mol. The van der Waals surface area contributed by atoms with Crippen LogP contribution in [0.2, 0.25) is 0 Å². The third-order valence-electron chi connectivity index (χ3n) is 5.30. The molecule has 0 spiro atoms. The molecule has 1 aliphatic rings. The van der Waals surface area contributed by atoms with Crippen molar-refractivity contribution >= 4 is 5.69 Å². The van der Waals surface area contributed by atoms with Crippen molar-refractivity contribution in [2.75, 3.05) is 0 Å². The minimum Gasteiger partial charge on any atom is -0.321 e. The Morgan fingerprint density at radius 1 is 1.00 bits per heavy atom. The van der Waals surface area contributed by atoms with Crippen molar-refractivity contribution in [3.05, 3.63) is 86.7 Å². The molecule has 0 radical (unpaired) electrons. The van der Waals surface area contributed by atoms with E-state index in [9.17, 15) is 14.9 Å². The van der Waals surface area contributed by atoms with Crippen LogP contribution in [0.5, 0.6) is 0 Å². The summed E-state index contributed by atoms with van der Waals surface area (Å²) in [6.07, 6.45) is 3.07. The van der Waals surface area contributed by atoms with E-state index in [1.807, 2.05) is 54.6 Å². The summed E-state index contributed by atoms with van der Waals surface area (Å²) in [6.45, 7) is 0. The summed E-state index contributed by atoms with van der Waals surface area (Å²) in [7, 11) is 0. The van der Waals surface area contributed by atoms with Crippen molar-refractivity contribution < 1.29 is 4.92 Å². The van der Waals surface area contributed by atoms with E-state index in [0.717, 1.165) is 36.0 Å². The fraction of sp³-hybridized carbons (Fsp3) is 0.190. The van der Waals surface area contributed by atoms with E-state index in [1.54, 1.807) is 0 Å². The molecule has 4 rings (SSSR count). The third kappa shape index (κ3) is 3.04. The molecule has 0 unspecified atom stereocenters. The van der Waals surface area contributed by atoms with Gasteiger partial charge in [-0.25, -0.2) is 0 Å². The van der Waals surface area contributed by atoms with Crippen LogP contribution in [0.15, 0.2) is 65.5 Å². The summed E-state index contributed by atoms with van der Waals surface area (Å²) in [5, 5.41) is 11.2. The quantitative estimate of drug-likeness (QED) is 0.542. The molecule has 0 bridgehead atoms. The largest absolute Gasteiger partial charge is 0.334 e. The first-order valence-electron chi connectivity index (χ1n) is 8.85. The fourth-order valence-corrected chi connectivity index (χ4v) is 3.54. The van der Waals surface area contributed by atoms with Crippen molar-refractivity contribution in [3.63, 3.8) is 0 Å². The molecule has 27 heavy (non-hydrogen) atoms. The average Bonchev–Trinajstić information content (AvgIpc) is 2.66. The van der Waals surface area contributed by atoms with Crippen LogP contribution >= 0.6 is 0 Å². The summed E-state index contributed by atoms with van der Waals surface area (Å²) in [4.78, 5) is 25.5. The number of nitrogens with zero attached hydrogens (tertiary/aromatic N) is 1. The molecule has 136 valence electrons. The first-order chi connectivity index (χ1) is 13.0. The number of benzene rings is 2. The number of hydrogen-bond donors (Lipinski definition) is 2. The number of aromatic nitrogens is 1. The van der Waals surface area contributed by atoms with Gasteiger partial charge in [-0.3, -0.25) is 14.9 Å². The molecular formula is C21H19N3O3. The second-order valence-electron chi connectivity index (χ2n) is 6.98. The van der Waals surface area contributed by atoms with Gasteiger partial charge in [0, 0.05) is 17.2 Å². The highest BCUT2D eigenvalue weighted by atomic mass is 16.6. The van der Waals surface area contributed by atoms with Crippen molar-refractivity contribution in [2.24, 2.45) is 5.73 Å². The third-order valence-corrected chi connectivity index (χ3v) is 5.30. The summed E-state index contributed by atoms with van der Waals surface area (Å²) in [6, 6.07) is 18.4. The van der Waals surface area contributed by atoms with Gasteiger partial charge in [-0.2, -0.15) is 0 Å². The van der Waals surface area contributed by atoms with Gasteiger partial charge in [0.25, 0.3) is 0 Å². The second-order valence-corrected chi connectivity index (χ2v) is 6.98. The zero-order valence-corrected chi connectivity index (χ0v) is 14.6. The Bertz CT molecular complexity index is 1050. The molecule has 6 heteroatoms. The van der Waals surface area contributed by atoms with Crippen molar-refractivity contribution in [1.29, 1.82) is 0 Å². The predicted molar refractivity (Wildman–Crippen MR) is 104 cm³/mol. The lowest BCUT2D eigenvalue weighted by Gasteiger charge is -2.38. The number of aromatic amines is 1. The number of nitrogens with one attached hydrogen (secondary N) is 1. The Kier molecular flexibility index (Phi) is 4.12. The maximum absolute atomic E-state index is 12.2. The number of nitro groups is 1. The van der Waals surface area contributed by atoms with E-state index in [2.05, 4.69) is 4.98 Å². The lowest BCUT2D eigenvalue weighted by molar-refractivity contribution is -0.386. The minimum atomic E-state index is -0.715. The molecule has 1 aromatic heterocycles. The molecule has 2 aromatic carbocycles. The van der Waals surface area contributed by atoms with Crippen LogP contribution < -0.4 is 11.3 Å². The summed E-state index contributed by atoms with van der Waals surface area (Å²) >= 11 is 0. The smallest absolute Gasteiger partial charge is 0.321 e. The summed E-state index contributed by atoms with van der Waals surface area (Å²) < 4.78 is 0. The number of pyridine rings is 1. The SMILES string of the molecule is NC1(c2ccc(-c3[nH]c(=O)c([N+](=O)[O-])cc3-c3ccccc3)cc2)CCC1. The Morgan fingerprint density at radius 3 is 2.22 bits per heavy atom. The number of hydrogen-bond acceptors (Lipinski definition) is 4. The van der Waals surface area contributed by atoms with Crippen LogP contribution in [-0.2, 0) is 5.54 Å².